The predicted octanol–water partition coefficient (Wildman–Crippen LogP) is 2.14. The fourth-order valence-corrected chi connectivity index (χ4v) is 6.04. The Balaban J connectivity index is 1.63. The van der Waals surface area contributed by atoms with Crippen LogP contribution in [0.4, 0.5) is 0 Å². The van der Waals surface area contributed by atoms with Gasteiger partial charge in [-0.1, -0.05) is 6.07 Å². The molecule has 0 aliphatic carbocycles. The van der Waals surface area contributed by atoms with E-state index in [-0.39, 0.29) is 21.8 Å². The number of likely N-dealkylation sites (tertiary alicyclic amines) is 1. The molecule has 1 amide bonds. The molecular formula is C24H29N3O6S2. The Hall–Kier alpha value is -2.57. The summed E-state index contributed by atoms with van der Waals surface area (Å²) in [6.45, 7) is 4.22. The first-order chi connectivity index (χ1) is 16.7. The third kappa shape index (κ3) is 5.19. The summed E-state index contributed by atoms with van der Waals surface area (Å²) in [4.78, 5) is 30.7. The van der Waals surface area contributed by atoms with Crippen LogP contribution in [-0.4, -0.2) is 92.8 Å². The fourth-order valence-electron chi connectivity index (χ4n) is 4.29. The van der Waals surface area contributed by atoms with Crippen molar-refractivity contribution in [2.45, 2.75) is 17.4 Å². The van der Waals surface area contributed by atoms with Gasteiger partial charge in [-0.25, -0.2) is 12.7 Å². The van der Waals surface area contributed by atoms with Gasteiger partial charge in [0.1, 0.15) is 5.76 Å². The molecule has 2 aliphatic rings. The van der Waals surface area contributed by atoms with Crippen LogP contribution in [0.1, 0.15) is 22.9 Å². The van der Waals surface area contributed by atoms with Gasteiger partial charge in [-0.05, 0) is 42.1 Å². The Morgan fingerprint density at radius 1 is 1.11 bits per heavy atom. The summed E-state index contributed by atoms with van der Waals surface area (Å²) < 4.78 is 31.2. The number of hydrogen-bond acceptors (Lipinski definition) is 8. The molecule has 11 heteroatoms. The molecule has 9 nitrogen and oxygen atoms in total. The van der Waals surface area contributed by atoms with E-state index in [1.807, 2.05) is 17.5 Å². The van der Waals surface area contributed by atoms with Crippen LogP contribution in [0.2, 0.25) is 0 Å². The van der Waals surface area contributed by atoms with Gasteiger partial charge in [-0.15, -0.1) is 11.3 Å². The highest BCUT2D eigenvalue weighted by Gasteiger charge is 2.46. The molecule has 0 bridgehead atoms. The lowest BCUT2D eigenvalue weighted by Crippen LogP contribution is -2.38. The normalized spacial score (nSPS) is 21.2. The number of rotatable bonds is 8. The number of morpholine rings is 1. The zero-order chi connectivity index (χ0) is 25.2. The Morgan fingerprint density at radius 2 is 1.80 bits per heavy atom. The average molecular weight is 520 g/mol. The number of nitrogens with zero attached hydrogens (tertiary/aromatic N) is 3. The van der Waals surface area contributed by atoms with Crippen LogP contribution in [-0.2, 0) is 24.3 Å². The van der Waals surface area contributed by atoms with Crippen molar-refractivity contribution in [1.29, 1.82) is 0 Å². The van der Waals surface area contributed by atoms with E-state index in [0.29, 0.717) is 26.2 Å². The zero-order valence-corrected chi connectivity index (χ0v) is 21.3. The summed E-state index contributed by atoms with van der Waals surface area (Å²) >= 11 is 1.41. The highest BCUT2D eigenvalue weighted by Crippen LogP contribution is 2.41. The molecular weight excluding hydrogens is 490 g/mol. The quantitative estimate of drug-likeness (QED) is 0.323. The van der Waals surface area contributed by atoms with Crippen LogP contribution in [0.25, 0.3) is 5.76 Å². The molecule has 1 aromatic heterocycles. The number of aliphatic hydroxyl groups excluding tert-OH is 1. The van der Waals surface area contributed by atoms with Crippen molar-refractivity contribution < 1.29 is 27.9 Å². The van der Waals surface area contributed by atoms with E-state index in [9.17, 15) is 23.1 Å². The van der Waals surface area contributed by atoms with E-state index in [1.165, 1.54) is 54.6 Å². The molecule has 2 fully saturated rings. The molecule has 0 saturated carbocycles. The number of benzene rings is 1. The number of Topliss-reactive ketones (excluding diaryl/α,β-unsaturated/α-hetero) is 1. The largest absolute Gasteiger partial charge is 0.507 e. The van der Waals surface area contributed by atoms with Crippen molar-refractivity contribution in [2.24, 2.45) is 0 Å². The van der Waals surface area contributed by atoms with Gasteiger partial charge in [-0.3, -0.25) is 14.5 Å². The van der Waals surface area contributed by atoms with Gasteiger partial charge in [-0.2, -0.15) is 0 Å². The van der Waals surface area contributed by atoms with Crippen LogP contribution in [0.3, 0.4) is 0 Å². The van der Waals surface area contributed by atoms with Crippen LogP contribution >= 0.6 is 11.3 Å². The van der Waals surface area contributed by atoms with Crippen molar-refractivity contribution in [3.05, 3.63) is 57.8 Å². The lowest BCUT2D eigenvalue weighted by molar-refractivity contribution is -0.140. The van der Waals surface area contributed by atoms with Gasteiger partial charge in [0, 0.05) is 50.7 Å². The molecule has 1 aromatic carbocycles. The number of carbonyl (C=O) groups is 2. The van der Waals surface area contributed by atoms with Gasteiger partial charge in [0.15, 0.2) is 0 Å². The maximum absolute atomic E-state index is 13.1. The summed E-state index contributed by atoms with van der Waals surface area (Å²) in [6.07, 6.45) is 0.687. The van der Waals surface area contributed by atoms with E-state index in [4.69, 9.17) is 4.74 Å². The van der Waals surface area contributed by atoms with Crippen LogP contribution in [0, 0.1) is 0 Å². The second-order valence-corrected chi connectivity index (χ2v) is 11.8. The predicted molar refractivity (Wildman–Crippen MR) is 133 cm³/mol. The molecule has 1 N–H and O–H groups in total. The molecule has 1 atom stereocenters. The maximum Gasteiger partial charge on any atom is 0.295 e. The molecule has 4 rings (SSSR count). The van der Waals surface area contributed by atoms with E-state index < -0.39 is 27.8 Å². The second-order valence-electron chi connectivity index (χ2n) is 8.63. The smallest absolute Gasteiger partial charge is 0.295 e. The van der Waals surface area contributed by atoms with Crippen molar-refractivity contribution in [3.8, 4) is 0 Å². The van der Waals surface area contributed by atoms with Crippen LogP contribution in [0.15, 0.2) is 52.2 Å². The topological polar surface area (TPSA) is 107 Å². The molecule has 2 aromatic rings. The average Bonchev–Trinajstić information content (AvgIpc) is 3.47. The first-order valence-corrected chi connectivity index (χ1v) is 13.7. The maximum atomic E-state index is 13.1. The van der Waals surface area contributed by atoms with Crippen molar-refractivity contribution in [3.63, 3.8) is 0 Å². The lowest BCUT2D eigenvalue weighted by atomic mass is 10.00. The highest BCUT2D eigenvalue weighted by atomic mass is 32.2. The van der Waals surface area contributed by atoms with Crippen molar-refractivity contribution in [1.82, 2.24) is 14.1 Å². The van der Waals surface area contributed by atoms with Gasteiger partial charge >= 0.3 is 0 Å². The zero-order valence-electron chi connectivity index (χ0n) is 19.7. The third-order valence-electron chi connectivity index (χ3n) is 6.24. The minimum atomic E-state index is -3.64. The molecule has 35 heavy (non-hydrogen) atoms. The van der Waals surface area contributed by atoms with Crippen molar-refractivity contribution in [2.75, 3.05) is 53.5 Å². The number of ketones is 1. The van der Waals surface area contributed by atoms with E-state index in [2.05, 4.69) is 4.90 Å². The summed E-state index contributed by atoms with van der Waals surface area (Å²) in [7, 11) is -0.766. The minimum Gasteiger partial charge on any atom is -0.507 e. The molecule has 2 aliphatic heterocycles. The molecule has 188 valence electrons. The van der Waals surface area contributed by atoms with Gasteiger partial charge < -0.3 is 14.7 Å². The first-order valence-electron chi connectivity index (χ1n) is 11.4. The number of amides is 1. The number of carbonyl (C=O) groups excluding carboxylic acids is 2. The SMILES string of the molecule is CN(C)S(=O)(=O)c1ccc(/C(O)=C2\C(=O)C(=O)N(CCCN3CCOCC3)[C@@H]2c2cccs2)cc1. The Morgan fingerprint density at radius 3 is 2.40 bits per heavy atom. The number of sulfonamides is 1. The molecule has 0 unspecified atom stereocenters. The summed E-state index contributed by atoms with van der Waals surface area (Å²) in [5, 5.41) is 13.0. The Kier molecular flexibility index (Phi) is 7.72. The Bertz CT molecular complexity index is 1200. The van der Waals surface area contributed by atoms with E-state index in [0.717, 1.165) is 28.8 Å². The van der Waals surface area contributed by atoms with Gasteiger partial charge in [0.2, 0.25) is 10.0 Å². The number of hydrogen-bond donors (Lipinski definition) is 1. The van der Waals surface area contributed by atoms with Gasteiger partial charge in [0.25, 0.3) is 11.7 Å². The fraction of sp³-hybridized carbons (Fsp3) is 0.417. The number of ether oxygens (including phenoxy) is 1. The summed E-state index contributed by atoms with van der Waals surface area (Å²) in [6, 6.07) is 8.65. The standard InChI is InChI=1S/C24H29N3O6S2/c1-25(2)35(31,32)18-8-6-17(7-9-18)22(28)20-21(19-5-3-16-34-19)27(24(30)23(20)29)11-4-10-26-12-14-33-15-13-26/h3,5-9,16,21,28H,4,10-15H2,1-2H3/b22-20+/t21-/m1/s1. The molecule has 0 spiro atoms. The monoisotopic (exact) mass is 519 g/mol. The molecule has 2 saturated heterocycles. The summed E-state index contributed by atoms with van der Waals surface area (Å²) in [5.74, 6) is -1.69. The van der Waals surface area contributed by atoms with E-state index in [1.54, 1.807) is 0 Å². The third-order valence-corrected chi connectivity index (χ3v) is 8.99. The summed E-state index contributed by atoms with van der Waals surface area (Å²) in [5.41, 5.74) is 0.294. The lowest BCUT2D eigenvalue weighted by Gasteiger charge is -2.28. The van der Waals surface area contributed by atoms with Crippen molar-refractivity contribution >= 4 is 38.8 Å². The van der Waals surface area contributed by atoms with Crippen LogP contribution < -0.4 is 0 Å². The molecule has 0 radical (unpaired) electrons. The molecule has 3 heterocycles. The number of thiophene rings is 1. The number of aliphatic hydroxyl groups is 1. The van der Waals surface area contributed by atoms with E-state index >= 15 is 0 Å². The second kappa shape index (κ2) is 10.6. The van der Waals surface area contributed by atoms with Gasteiger partial charge in [0.05, 0.1) is 29.7 Å². The van der Waals surface area contributed by atoms with Crippen LogP contribution in [0.5, 0.6) is 0 Å². The first kappa shape index (κ1) is 25.5. The Labute approximate surface area is 209 Å². The minimum absolute atomic E-state index is 0.0204. The highest BCUT2D eigenvalue weighted by molar-refractivity contribution is 7.89.